The summed E-state index contributed by atoms with van der Waals surface area (Å²) in [5.74, 6) is 2.20. The molecule has 0 saturated heterocycles. The van der Waals surface area contributed by atoms with Crippen LogP contribution in [0, 0.1) is 23.7 Å². The minimum absolute atomic E-state index is 0.346. The molecule has 114 valence electrons. The number of hydrogen-bond acceptors (Lipinski definition) is 0. The average Bonchev–Trinajstić information content (AvgIpc) is 2.43. The molecule has 0 aliphatic heterocycles. The molecule has 4 fully saturated rings. The average molecular weight is 315 g/mol. The fraction of sp³-hybridized carbons (Fsp3) is 0.647. The third-order valence-corrected chi connectivity index (χ3v) is 6.79. The summed E-state index contributed by atoms with van der Waals surface area (Å²) in [6.07, 6.45) is 1.37. The van der Waals surface area contributed by atoms with Crippen LogP contribution in [-0.4, -0.2) is 0 Å². The van der Waals surface area contributed by atoms with E-state index in [2.05, 4.69) is 0 Å². The Morgan fingerprint density at radius 2 is 1.52 bits per heavy atom. The molecule has 0 aromatic heterocycles. The quantitative estimate of drug-likeness (QED) is 0.592. The smallest absolute Gasteiger partial charge is 0.166 e. The molecule has 0 N–H and O–H groups in total. The van der Waals surface area contributed by atoms with Crippen LogP contribution in [0.25, 0.3) is 0 Å². The van der Waals surface area contributed by atoms with Gasteiger partial charge in [0, 0.05) is 0 Å². The van der Waals surface area contributed by atoms with Gasteiger partial charge in [-0.05, 0) is 73.5 Å². The molecule has 21 heavy (non-hydrogen) atoms. The zero-order valence-corrected chi connectivity index (χ0v) is 12.4. The van der Waals surface area contributed by atoms with Gasteiger partial charge in [0.25, 0.3) is 0 Å². The Kier molecular flexibility index (Phi) is 2.92. The molecule has 4 bridgehead atoms. The fourth-order valence-corrected chi connectivity index (χ4v) is 5.75. The van der Waals surface area contributed by atoms with Gasteiger partial charge in [0.1, 0.15) is 0 Å². The zero-order chi connectivity index (χ0) is 14.8. The molecule has 4 saturated carbocycles. The maximum absolute atomic E-state index is 13.0. The summed E-state index contributed by atoms with van der Waals surface area (Å²) in [5.41, 5.74) is 0.113. The first-order valence-electron chi connectivity index (χ1n) is 7.74. The minimum Gasteiger partial charge on any atom is -0.166 e. The molecule has 1 aromatic carbocycles. The van der Waals surface area contributed by atoms with Gasteiger partial charge in [-0.15, -0.1) is 11.6 Å². The Morgan fingerprint density at radius 1 is 0.952 bits per heavy atom. The number of halogens is 4. The van der Waals surface area contributed by atoms with Crippen molar-refractivity contribution in [1.82, 2.24) is 0 Å². The highest BCUT2D eigenvalue weighted by atomic mass is 35.5. The van der Waals surface area contributed by atoms with Crippen LogP contribution in [0.4, 0.5) is 13.2 Å². The summed E-state index contributed by atoms with van der Waals surface area (Å²) in [7, 11) is 0. The van der Waals surface area contributed by atoms with Gasteiger partial charge in [-0.3, -0.25) is 0 Å². The van der Waals surface area contributed by atoms with Gasteiger partial charge in [0.15, 0.2) is 0 Å². The van der Waals surface area contributed by atoms with E-state index in [0.717, 1.165) is 43.6 Å². The van der Waals surface area contributed by atoms with Gasteiger partial charge in [0.05, 0.1) is 10.4 Å². The molecule has 5 rings (SSSR count). The largest absolute Gasteiger partial charge is 0.416 e. The van der Waals surface area contributed by atoms with Gasteiger partial charge in [-0.25, -0.2) is 0 Å². The Hall–Kier alpha value is -0.700. The van der Waals surface area contributed by atoms with E-state index >= 15 is 0 Å². The molecular weight excluding hydrogens is 297 g/mol. The number of rotatable bonds is 1. The molecule has 4 aliphatic carbocycles. The van der Waals surface area contributed by atoms with Crippen molar-refractivity contribution in [3.8, 4) is 0 Å². The molecule has 0 spiro atoms. The second kappa shape index (κ2) is 4.41. The van der Waals surface area contributed by atoms with E-state index in [-0.39, 0.29) is 0 Å². The van der Waals surface area contributed by atoms with Gasteiger partial charge in [-0.1, -0.05) is 12.1 Å². The van der Waals surface area contributed by atoms with Crippen LogP contribution >= 0.6 is 11.6 Å². The van der Waals surface area contributed by atoms with Crippen molar-refractivity contribution in [2.75, 3.05) is 0 Å². The third-order valence-electron chi connectivity index (χ3n) is 5.96. The Balaban J connectivity index is 1.75. The summed E-state index contributed by atoms with van der Waals surface area (Å²) in [5, 5.41) is 0. The lowest BCUT2D eigenvalue weighted by atomic mass is 9.50. The van der Waals surface area contributed by atoms with Gasteiger partial charge >= 0.3 is 6.18 Å². The van der Waals surface area contributed by atoms with Crippen LogP contribution in [0.2, 0.25) is 0 Å². The van der Waals surface area contributed by atoms with Crippen molar-refractivity contribution in [1.29, 1.82) is 0 Å². The second-order valence-corrected chi connectivity index (χ2v) is 7.78. The number of hydrogen-bond donors (Lipinski definition) is 0. The predicted molar refractivity (Wildman–Crippen MR) is 76.0 cm³/mol. The van der Waals surface area contributed by atoms with E-state index in [1.165, 1.54) is 18.6 Å². The summed E-state index contributed by atoms with van der Waals surface area (Å²) < 4.78 is 38.9. The summed E-state index contributed by atoms with van der Waals surface area (Å²) in [6, 6.07) is 5.73. The molecule has 0 radical (unpaired) electrons. The summed E-state index contributed by atoms with van der Waals surface area (Å²) >= 11 is 7.01. The molecule has 0 nitrogen and oxygen atoms in total. The molecule has 0 heterocycles. The van der Waals surface area contributed by atoms with Crippen LogP contribution in [0.5, 0.6) is 0 Å². The highest BCUT2D eigenvalue weighted by Gasteiger charge is 2.57. The maximum atomic E-state index is 13.0. The van der Waals surface area contributed by atoms with E-state index in [4.69, 9.17) is 11.6 Å². The minimum atomic E-state index is -4.30. The normalized spacial score (nSPS) is 41.5. The van der Waals surface area contributed by atoms with Crippen LogP contribution in [0.15, 0.2) is 24.3 Å². The molecule has 0 atom stereocenters. The van der Waals surface area contributed by atoms with E-state index in [9.17, 15) is 13.2 Å². The highest BCUT2D eigenvalue weighted by molar-refractivity contribution is 6.24. The standard InChI is InChI=1S/C17H18ClF3/c18-16(12-2-1-3-13(9-12)17(19,20)21)14-5-10-4-11(7-14)8-15(16)6-10/h1-3,9-11,14-15H,4-8H2. The van der Waals surface area contributed by atoms with E-state index in [0.29, 0.717) is 17.4 Å². The van der Waals surface area contributed by atoms with Crippen molar-refractivity contribution in [2.24, 2.45) is 23.7 Å². The molecule has 1 aromatic rings. The Morgan fingerprint density at radius 3 is 2.05 bits per heavy atom. The lowest BCUT2D eigenvalue weighted by molar-refractivity contribution is -0.137. The summed E-state index contributed by atoms with van der Waals surface area (Å²) in [4.78, 5) is -0.575. The number of benzene rings is 1. The molecule has 4 aliphatic rings. The van der Waals surface area contributed by atoms with E-state index in [1.807, 2.05) is 0 Å². The second-order valence-electron chi connectivity index (χ2n) is 7.15. The summed E-state index contributed by atoms with van der Waals surface area (Å²) in [6.45, 7) is 0. The van der Waals surface area contributed by atoms with Crippen molar-refractivity contribution in [3.05, 3.63) is 35.4 Å². The first kappa shape index (κ1) is 13.9. The lowest BCUT2D eigenvalue weighted by Crippen LogP contribution is -2.52. The van der Waals surface area contributed by atoms with Gasteiger partial charge < -0.3 is 0 Å². The van der Waals surface area contributed by atoms with E-state index < -0.39 is 16.6 Å². The van der Waals surface area contributed by atoms with Gasteiger partial charge in [0.2, 0.25) is 0 Å². The van der Waals surface area contributed by atoms with Crippen molar-refractivity contribution < 1.29 is 13.2 Å². The first-order chi connectivity index (χ1) is 9.87. The highest BCUT2D eigenvalue weighted by Crippen LogP contribution is 2.64. The van der Waals surface area contributed by atoms with Crippen LogP contribution < -0.4 is 0 Å². The van der Waals surface area contributed by atoms with Crippen molar-refractivity contribution in [2.45, 2.75) is 43.2 Å². The molecule has 0 unspecified atom stereocenters. The maximum Gasteiger partial charge on any atom is 0.416 e. The van der Waals surface area contributed by atoms with Crippen LogP contribution in [0.1, 0.15) is 43.2 Å². The predicted octanol–water partition coefficient (Wildman–Crippen LogP) is 5.60. The van der Waals surface area contributed by atoms with Crippen molar-refractivity contribution >= 4 is 11.6 Å². The zero-order valence-electron chi connectivity index (χ0n) is 11.7. The molecular formula is C17H18ClF3. The van der Waals surface area contributed by atoms with E-state index in [1.54, 1.807) is 6.07 Å². The fourth-order valence-electron chi connectivity index (χ4n) is 5.28. The Bertz CT molecular complexity index is 535. The topological polar surface area (TPSA) is 0 Å². The molecule has 4 heteroatoms. The molecule has 0 amide bonds. The van der Waals surface area contributed by atoms with Crippen LogP contribution in [-0.2, 0) is 11.1 Å². The Labute approximate surface area is 127 Å². The lowest BCUT2D eigenvalue weighted by Gasteiger charge is -2.59. The SMILES string of the molecule is FC(F)(F)c1cccc(C2(Cl)C3CC4CC(C3)CC2C4)c1. The van der Waals surface area contributed by atoms with Crippen molar-refractivity contribution in [3.63, 3.8) is 0 Å². The van der Waals surface area contributed by atoms with Gasteiger partial charge in [-0.2, -0.15) is 13.2 Å². The van der Waals surface area contributed by atoms with Crippen LogP contribution in [0.3, 0.4) is 0 Å². The first-order valence-corrected chi connectivity index (χ1v) is 8.12. The third kappa shape index (κ3) is 2.03. The monoisotopic (exact) mass is 314 g/mol. The number of alkyl halides is 4.